The Labute approximate surface area is 176 Å². The van der Waals surface area contributed by atoms with E-state index >= 15 is 0 Å². The number of carbonyl (C=O) groups is 2. The van der Waals surface area contributed by atoms with Crippen LogP contribution in [0.15, 0.2) is 78.5 Å². The lowest BCUT2D eigenvalue weighted by molar-refractivity contribution is -0.132. The van der Waals surface area contributed by atoms with Gasteiger partial charge in [-0.05, 0) is 42.5 Å². The van der Waals surface area contributed by atoms with Crippen molar-refractivity contribution in [2.75, 3.05) is 4.90 Å². The Morgan fingerprint density at radius 2 is 1.66 bits per heavy atom. The van der Waals surface area contributed by atoms with E-state index in [0.717, 1.165) is 0 Å². The second kappa shape index (κ2) is 7.70. The highest BCUT2D eigenvalue weighted by Crippen LogP contribution is 2.42. The molecule has 29 heavy (non-hydrogen) atoms. The summed E-state index contributed by atoms with van der Waals surface area (Å²) >= 11 is 12.1. The predicted octanol–water partition coefficient (Wildman–Crippen LogP) is 5.01. The van der Waals surface area contributed by atoms with Crippen LogP contribution in [0.5, 0.6) is 0 Å². The first-order valence-corrected chi connectivity index (χ1v) is 9.46. The van der Waals surface area contributed by atoms with Gasteiger partial charge in [0.2, 0.25) is 0 Å². The number of aliphatic hydroxyl groups is 1. The van der Waals surface area contributed by atoms with Gasteiger partial charge < -0.3 is 5.11 Å². The maximum absolute atomic E-state index is 13.0. The zero-order chi connectivity index (χ0) is 20.5. The smallest absolute Gasteiger partial charge is 0.300 e. The quantitative estimate of drug-likeness (QED) is 0.364. The summed E-state index contributed by atoms with van der Waals surface area (Å²) in [6.45, 7) is 0. The lowest BCUT2D eigenvalue weighted by Gasteiger charge is -2.24. The Hall–Kier alpha value is -3.15. The molecule has 1 aliphatic heterocycles. The maximum Gasteiger partial charge on any atom is 0.300 e. The van der Waals surface area contributed by atoms with Crippen LogP contribution in [-0.4, -0.2) is 21.8 Å². The molecule has 3 aromatic rings. The topological polar surface area (TPSA) is 70.5 Å². The van der Waals surface area contributed by atoms with Gasteiger partial charge in [0.05, 0.1) is 11.3 Å². The number of anilines is 1. The van der Waals surface area contributed by atoms with E-state index in [1.807, 2.05) is 0 Å². The summed E-state index contributed by atoms with van der Waals surface area (Å²) in [6.07, 6.45) is 1.56. The summed E-state index contributed by atoms with van der Waals surface area (Å²) in [4.78, 5) is 31.5. The zero-order valence-electron chi connectivity index (χ0n) is 14.9. The van der Waals surface area contributed by atoms with Crippen LogP contribution in [0.2, 0.25) is 10.0 Å². The third-order valence-corrected chi connectivity index (χ3v) is 5.07. The largest absolute Gasteiger partial charge is 0.507 e. The number of pyridine rings is 1. The molecule has 1 unspecified atom stereocenters. The Balaban J connectivity index is 1.96. The van der Waals surface area contributed by atoms with Gasteiger partial charge in [0.15, 0.2) is 0 Å². The lowest BCUT2D eigenvalue weighted by atomic mass is 9.98. The maximum atomic E-state index is 13.0. The van der Waals surface area contributed by atoms with Crippen LogP contribution < -0.4 is 4.90 Å². The van der Waals surface area contributed by atoms with Crippen molar-refractivity contribution in [3.63, 3.8) is 0 Å². The van der Waals surface area contributed by atoms with Crippen molar-refractivity contribution < 1.29 is 14.7 Å². The van der Waals surface area contributed by atoms with E-state index in [0.29, 0.717) is 27.0 Å². The summed E-state index contributed by atoms with van der Waals surface area (Å²) in [5.41, 5.74) is 1.15. The van der Waals surface area contributed by atoms with Crippen molar-refractivity contribution in [3.8, 4) is 0 Å². The minimum absolute atomic E-state index is 0.0593. The van der Waals surface area contributed by atoms with Crippen molar-refractivity contribution in [2.24, 2.45) is 0 Å². The number of benzene rings is 2. The highest BCUT2D eigenvalue weighted by Gasteiger charge is 2.47. The molecule has 144 valence electrons. The highest BCUT2D eigenvalue weighted by atomic mass is 35.5. The van der Waals surface area contributed by atoms with Gasteiger partial charge in [-0.3, -0.25) is 19.5 Å². The van der Waals surface area contributed by atoms with Gasteiger partial charge in [0.1, 0.15) is 11.8 Å². The van der Waals surface area contributed by atoms with Crippen LogP contribution in [0, 0.1) is 0 Å². The molecule has 0 radical (unpaired) electrons. The van der Waals surface area contributed by atoms with Crippen LogP contribution in [0.3, 0.4) is 0 Å². The number of carbonyl (C=O) groups excluding carboxylic acids is 2. The number of ketones is 1. The third kappa shape index (κ3) is 3.50. The molecule has 2 aromatic carbocycles. The Kier molecular flexibility index (Phi) is 5.09. The van der Waals surface area contributed by atoms with Gasteiger partial charge in [-0.15, -0.1) is 0 Å². The number of halogens is 2. The molecule has 4 rings (SSSR count). The first-order valence-electron chi connectivity index (χ1n) is 8.71. The van der Waals surface area contributed by atoms with E-state index < -0.39 is 17.7 Å². The molecule has 1 amide bonds. The SMILES string of the molecule is O=C1C(=O)N(c2cccc(Cl)c2)C(c2ccccn2)/C1=C(\O)c1cccc(Cl)c1. The van der Waals surface area contributed by atoms with Gasteiger partial charge in [-0.2, -0.15) is 0 Å². The zero-order valence-corrected chi connectivity index (χ0v) is 16.4. The molecule has 1 fully saturated rings. The summed E-state index contributed by atoms with van der Waals surface area (Å²) in [7, 11) is 0. The third-order valence-electron chi connectivity index (χ3n) is 4.60. The molecule has 0 spiro atoms. The number of hydrogen-bond acceptors (Lipinski definition) is 4. The van der Waals surface area contributed by atoms with Gasteiger partial charge in [0.25, 0.3) is 11.7 Å². The average molecular weight is 425 g/mol. The molecule has 2 heterocycles. The van der Waals surface area contributed by atoms with Crippen molar-refractivity contribution in [1.29, 1.82) is 0 Å². The fourth-order valence-electron chi connectivity index (χ4n) is 3.33. The van der Waals surface area contributed by atoms with Crippen molar-refractivity contribution >= 4 is 46.3 Å². The van der Waals surface area contributed by atoms with E-state index in [2.05, 4.69) is 4.98 Å². The lowest BCUT2D eigenvalue weighted by Crippen LogP contribution is -2.29. The van der Waals surface area contributed by atoms with Gasteiger partial charge in [0, 0.05) is 27.5 Å². The average Bonchev–Trinajstić information content (AvgIpc) is 2.99. The van der Waals surface area contributed by atoms with Gasteiger partial charge >= 0.3 is 0 Å². The Morgan fingerprint density at radius 1 is 0.931 bits per heavy atom. The first kappa shape index (κ1) is 19.2. The second-order valence-electron chi connectivity index (χ2n) is 6.41. The van der Waals surface area contributed by atoms with Crippen LogP contribution in [-0.2, 0) is 9.59 Å². The van der Waals surface area contributed by atoms with E-state index in [1.54, 1.807) is 66.9 Å². The molecule has 7 heteroatoms. The summed E-state index contributed by atoms with van der Waals surface area (Å²) in [5, 5.41) is 11.8. The number of rotatable bonds is 3. The molecule has 1 aromatic heterocycles. The first-order chi connectivity index (χ1) is 14.0. The Bertz CT molecular complexity index is 1150. The highest BCUT2D eigenvalue weighted by molar-refractivity contribution is 6.51. The number of amides is 1. The molecule has 0 saturated carbocycles. The number of aromatic nitrogens is 1. The molecule has 1 atom stereocenters. The van der Waals surface area contributed by atoms with Crippen LogP contribution >= 0.6 is 23.2 Å². The van der Waals surface area contributed by atoms with Gasteiger partial charge in [-0.1, -0.05) is 47.5 Å². The van der Waals surface area contributed by atoms with Crippen molar-refractivity contribution in [1.82, 2.24) is 4.98 Å². The van der Waals surface area contributed by atoms with Crippen molar-refractivity contribution in [3.05, 3.63) is 99.8 Å². The van der Waals surface area contributed by atoms with Crippen molar-refractivity contribution in [2.45, 2.75) is 6.04 Å². The number of nitrogens with zero attached hydrogens (tertiary/aromatic N) is 2. The minimum atomic E-state index is -0.909. The molecular formula is C22H14Cl2N2O3. The molecular weight excluding hydrogens is 411 g/mol. The van der Waals surface area contributed by atoms with E-state index in [9.17, 15) is 14.7 Å². The monoisotopic (exact) mass is 424 g/mol. The number of aliphatic hydroxyl groups excluding tert-OH is 1. The standard InChI is InChI=1S/C22H14Cl2N2O3/c23-14-6-3-5-13(11-14)20(27)18-19(17-9-1-2-10-25-17)26(22(29)21(18)28)16-8-4-7-15(24)12-16/h1-12,19,27H/b20-18+. The van der Waals surface area contributed by atoms with Crippen LogP contribution in [0.25, 0.3) is 5.76 Å². The number of Topliss-reactive ketones (excluding diaryl/α,β-unsaturated/α-hetero) is 1. The molecule has 0 bridgehead atoms. The molecule has 1 saturated heterocycles. The molecule has 5 nitrogen and oxygen atoms in total. The fourth-order valence-corrected chi connectivity index (χ4v) is 3.71. The number of hydrogen-bond donors (Lipinski definition) is 1. The van der Waals surface area contributed by atoms with Gasteiger partial charge in [-0.25, -0.2) is 0 Å². The fraction of sp³-hybridized carbons (Fsp3) is 0.0455. The molecule has 1 N–H and O–H groups in total. The van der Waals surface area contributed by atoms with Crippen LogP contribution in [0.4, 0.5) is 5.69 Å². The van der Waals surface area contributed by atoms with E-state index in [-0.39, 0.29) is 11.3 Å². The predicted molar refractivity (Wildman–Crippen MR) is 112 cm³/mol. The second-order valence-corrected chi connectivity index (χ2v) is 7.29. The van der Waals surface area contributed by atoms with Crippen LogP contribution in [0.1, 0.15) is 17.3 Å². The van der Waals surface area contributed by atoms with E-state index in [4.69, 9.17) is 23.2 Å². The Morgan fingerprint density at radius 3 is 2.31 bits per heavy atom. The molecule has 0 aliphatic carbocycles. The molecule has 1 aliphatic rings. The summed E-state index contributed by atoms with van der Waals surface area (Å²) < 4.78 is 0. The summed E-state index contributed by atoms with van der Waals surface area (Å²) in [6, 6.07) is 17.3. The minimum Gasteiger partial charge on any atom is -0.507 e. The summed E-state index contributed by atoms with van der Waals surface area (Å²) in [5.74, 6) is -1.89. The normalized spacial score (nSPS) is 18.3. The van der Waals surface area contributed by atoms with E-state index in [1.165, 1.54) is 11.0 Å².